The summed E-state index contributed by atoms with van der Waals surface area (Å²) in [4.78, 5) is 12.4. The Kier molecular flexibility index (Phi) is 3.39. The maximum absolute atomic E-state index is 5.81. The van der Waals surface area contributed by atoms with E-state index in [0.29, 0.717) is 17.5 Å². The number of nitrogens with one attached hydrogen (secondary N) is 1. The predicted octanol–water partition coefficient (Wildman–Crippen LogP) is 2.01. The first-order valence-electron chi connectivity index (χ1n) is 6.17. The van der Waals surface area contributed by atoms with Crippen molar-refractivity contribution in [2.24, 2.45) is 0 Å². The minimum atomic E-state index is 0.160. The molecule has 0 aliphatic rings. The van der Waals surface area contributed by atoms with Crippen molar-refractivity contribution in [1.29, 1.82) is 0 Å². The summed E-state index contributed by atoms with van der Waals surface area (Å²) in [5, 5.41) is 3.48. The molecule has 3 aromatic rings. The molecule has 0 aliphatic heterocycles. The van der Waals surface area contributed by atoms with Crippen LogP contribution in [0.5, 0.6) is 0 Å². The SMILES string of the molecule is Nc1nc(Cl)cc(NCCc2cn3ccccc3n2)n1. The zero-order chi connectivity index (χ0) is 13.9. The molecule has 0 saturated carbocycles. The second kappa shape index (κ2) is 5.34. The standard InChI is InChI=1S/C13H13ClN6/c14-10-7-11(19-13(15)18-10)16-5-4-9-8-20-6-2-1-3-12(20)17-9/h1-3,6-8H,4-5H2,(H3,15,16,18,19). The van der Waals surface area contributed by atoms with Gasteiger partial charge in [0.25, 0.3) is 0 Å². The molecule has 3 heterocycles. The Labute approximate surface area is 120 Å². The van der Waals surface area contributed by atoms with Crippen molar-refractivity contribution in [3.8, 4) is 0 Å². The second-order valence-corrected chi connectivity index (χ2v) is 4.70. The first kappa shape index (κ1) is 12.7. The number of halogens is 1. The van der Waals surface area contributed by atoms with Gasteiger partial charge in [0, 0.05) is 31.4 Å². The van der Waals surface area contributed by atoms with Gasteiger partial charge in [0.2, 0.25) is 5.95 Å². The third-order valence-electron chi connectivity index (χ3n) is 2.81. The van der Waals surface area contributed by atoms with Gasteiger partial charge >= 0.3 is 0 Å². The molecule has 0 aliphatic carbocycles. The Morgan fingerprint density at radius 2 is 2.15 bits per heavy atom. The van der Waals surface area contributed by atoms with Crippen LogP contribution < -0.4 is 11.1 Å². The molecule has 0 atom stereocenters. The summed E-state index contributed by atoms with van der Waals surface area (Å²) in [5.41, 5.74) is 7.48. The fourth-order valence-electron chi connectivity index (χ4n) is 1.95. The number of anilines is 2. The molecular formula is C13H13ClN6. The summed E-state index contributed by atoms with van der Waals surface area (Å²) in [5.74, 6) is 0.777. The lowest BCUT2D eigenvalue weighted by Gasteiger charge is -2.04. The normalized spacial score (nSPS) is 10.8. The zero-order valence-electron chi connectivity index (χ0n) is 10.6. The Balaban J connectivity index is 1.64. The molecule has 102 valence electrons. The number of fused-ring (bicyclic) bond motifs is 1. The topological polar surface area (TPSA) is 81.1 Å². The van der Waals surface area contributed by atoms with Gasteiger partial charge in [-0.2, -0.15) is 4.98 Å². The fourth-order valence-corrected chi connectivity index (χ4v) is 2.14. The molecule has 0 fully saturated rings. The molecule has 0 spiro atoms. The lowest BCUT2D eigenvalue weighted by atomic mass is 10.3. The van der Waals surface area contributed by atoms with Gasteiger partial charge < -0.3 is 15.5 Å². The minimum absolute atomic E-state index is 0.160. The number of pyridine rings is 1. The molecule has 0 unspecified atom stereocenters. The molecule has 0 amide bonds. The zero-order valence-corrected chi connectivity index (χ0v) is 11.4. The Bertz CT molecular complexity index is 685. The second-order valence-electron chi connectivity index (χ2n) is 4.31. The molecule has 0 saturated heterocycles. The van der Waals surface area contributed by atoms with E-state index in [-0.39, 0.29) is 5.95 Å². The Morgan fingerprint density at radius 1 is 1.25 bits per heavy atom. The summed E-state index contributed by atoms with van der Waals surface area (Å²) in [6.45, 7) is 0.691. The molecule has 0 aromatic carbocycles. The van der Waals surface area contributed by atoms with E-state index < -0.39 is 0 Å². The molecule has 0 radical (unpaired) electrons. The average Bonchev–Trinajstić information content (AvgIpc) is 2.80. The van der Waals surface area contributed by atoms with E-state index >= 15 is 0 Å². The average molecular weight is 289 g/mol. The first-order chi connectivity index (χ1) is 9.70. The van der Waals surface area contributed by atoms with Crippen LogP contribution in [-0.2, 0) is 6.42 Å². The maximum Gasteiger partial charge on any atom is 0.223 e. The number of nitrogens with zero attached hydrogens (tertiary/aromatic N) is 4. The van der Waals surface area contributed by atoms with Crippen molar-refractivity contribution in [3.63, 3.8) is 0 Å². The van der Waals surface area contributed by atoms with Crippen LogP contribution >= 0.6 is 11.6 Å². The molecule has 7 heteroatoms. The Morgan fingerprint density at radius 3 is 2.95 bits per heavy atom. The van der Waals surface area contributed by atoms with Gasteiger partial charge in [0.15, 0.2) is 0 Å². The van der Waals surface area contributed by atoms with E-state index in [1.807, 2.05) is 35.0 Å². The number of nitrogens with two attached hydrogens (primary N) is 1. The highest BCUT2D eigenvalue weighted by molar-refractivity contribution is 6.29. The quantitative estimate of drug-likeness (QED) is 0.718. The lowest BCUT2D eigenvalue weighted by Crippen LogP contribution is -2.08. The van der Waals surface area contributed by atoms with Crippen molar-refractivity contribution in [3.05, 3.63) is 47.5 Å². The number of aromatic nitrogens is 4. The van der Waals surface area contributed by atoms with Crippen LogP contribution in [0.1, 0.15) is 5.69 Å². The van der Waals surface area contributed by atoms with Crippen LogP contribution in [0.2, 0.25) is 5.15 Å². The highest BCUT2D eigenvalue weighted by atomic mass is 35.5. The van der Waals surface area contributed by atoms with Crippen LogP contribution in [0.4, 0.5) is 11.8 Å². The largest absolute Gasteiger partial charge is 0.369 e. The van der Waals surface area contributed by atoms with E-state index in [9.17, 15) is 0 Å². The monoisotopic (exact) mass is 288 g/mol. The van der Waals surface area contributed by atoms with E-state index in [4.69, 9.17) is 17.3 Å². The van der Waals surface area contributed by atoms with Crippen molar-refractivity contribution in [2.75, 3.05) is 17.6 Å². The molecular weight excluding hydrogens is 276 g/mol. The third-order valence-corrected chi connectivity index (χ3v) is 3.01. The van der Waals surface area contributed by atoms with E-state index in [1.165, 1.54) is 0 Å². The smallest absolute Gasteiger partial charge is 0.223 e. The number of imidazole rings is 1. The molecule has 0 bridgehead atoms. The molecule has 3 aromatic heterocycles. The third kappa shape index (κ3) is 2.80. The fraction of sp³-hybridized carbons (Fsp3) is 0.154. The highest BCUT2D eigenvalue weighted by Gasteiger charge is 2.02. The van der Waals surface area contributed by atoms with E-state index in [0.717, 1.165) is 17.8 Å². The highest BCUT2D eigenvalue weighted by Crippen LogP contribution is 2.12. The van der Waals surface area contributed by atoms with E-state index in [1.54, 1.807) is 6.07 Å². The minimum Gasteiger partial charge on any atom is -0.369 e. The van der Waals surface area contributed by atoms with Crippen LogP contribution in [-0.4, -0.2) is 25.9 Å². The van der Waals surface area contributed by atoms with E-state index in [2.05, 4.69) is 20.3 Å². The van der Waals surface area contributed by atoms with Crippen molar-refractivity contribution < 1.29 is 0 Å². The van der Waals surface area contributed by atoms with Crippen LogP contribution in [0.3, 0.4) is 0 Å². The lowest BCUT2D eigenvalue weighted by molar-refractivity contribution is 0.968. The van der Waals surface area contributed by atoms with Gasteiger partial charge in [-0.15, -0.1) is 0 Å². The first-order valence-corrected chi connectivity index (χ1v) is 6.55. The Hall–Kier alpha value is -2.34. The van der Waals surface area contributed by atoms with Crippen molar-refractivity contribution >= 4 is 29.0 Å². The molecule has 6 nitrogen and oxygen atoms in total. The van der Waals surface area contributed by atoms with Crippen LogP contribution in [0, 0.1) is 0 Å². The molecule has 20 heavy (non-hydrogen) atoms. The van der Waals surface area contributed by atoms with Gasteiger partial charge in [0.1, 0.15) is 16.6 Å². The summed E-state index contributed by atoms with van der Waals surface area (Å²) in [6, 6.07) is 7.56. The summed E-state index contributed by atoms with van der Waals surface area (Å²) < 4.78 is 1.99. The number of hydrogen-bond donors (Lipinski definition) is 2. The van der Waals surface area contributed by atoms with Crippen LogP contribution in [0.25, 0.3) is 5.65 Å². The molecule has 3 rings (SSSR count). The van der Waals surface area contributed by atoms with Gasteiger partial charge in [-0.1, -0.05) is 17.7 Å². The van der Waals surface area contributed by atoms with Crippen LogP contribution in [0.15, 0.2) is 36.7 Å². The van der Waals surface area contributed by atoms with Crippen molar-refractivity contribution in [1.82, 2.24) is 19.4 Å². The predicted molar refractivity (Wildman–Crippen MR) is 78.8 cm³/mol. The number of hydrogen-bond acceptors (Lipinski definition) is 5. The number of nitrogen functional groups attached to an aromatic ring is 1. The van der Waals surface area contributed by atoms with Gasteiger partial charge in [-0.05, 0) is 12.1 Å². The maximum atomic E-state index is 5.81. The summed E-state index contributed by atoms with van der Waals surface area (Å²) in [6.07, 6.45) is 4.77. The summed E-state index contributed by atoms with van der Waals surface area (Å²) in [7, 11) is 0. The van der Waals surface area contributed by atoms with Gasteiger partial charge in [-0.25, -0.2) is 9.97 Å². The molecule has 3 N–H and O–H groups in total. The number of rotatable bonds is 4. The van der Waals surface area contributed by atoms with Gasteiger partial charge in [-0.3, -0.25) is 0 Å². The van der Waals surface area contributed by atoms with Crippen molar-refractivity contribution in [2.45, 2.75) is 6.42 Å². The summed E-state index contributed by atoms with van der Waals surface area (Å²) >= 11 is 5.81. The van der Waals surface area contributed by atoms with Gasteiger partial charge in [0.05, 0.1) is 5.69 Å².